The number of hydrogen-bond donors (Lipinski definition) is 1. The molecule has 152 valence electrons. The van der Waals surface area contributed by atoms with E-state index in [0.29, 0.717) is 16.6 Å². The number of halogens is 1. The van der Waals surface area contributed by atoms with Crippen molar-refractivity contribution in [3.63, 3.8) is 0 Å². The fourth-order valence-corrected chi connectivity index (χ4v) is 3.97. The molecule has 0 aliphatic rings. The molecule has 1 N–H and O–H groups in total. The third kappa shape index (κ3) is 6.24. The first-order valence-corrected chi connectivity index (χ1v) is 11.4. The van der Waals surface area contributed by atoms with Crippen LogP contribution in [-0.2, 0) is 14.8 Å². The largest absolute Gasteiger partial charge is 0.348 e. The molecular weight excluding hydrogens is 396 g/mol. The highest BCUT2D eigenvalue weighted by Gasteiger charge is 2.23. The van der Waals surface area contributed by atoms with E-state index in [4.69, 9.17) is 11.6 Å². The molecule has 5 nitrogen and oxygen atoms in total. The molecule has 28 heavy (non-hydrogen) atoms. The van der Waals surface area contributed by atoms with Crippen LogP contribution in [0.3, 0.4) is 0 Å². The molecule has 7 heteroatoms. The molecule has 2 aromatic rings. The number of nitrogens with zero attached hydrogens (tertiary/aromatic N) is 1. The Morgan fingerprint density at radius 1 is 1.14 bits per heavy atom. The van der Waals surface area contributed by atoms with Crippen molar-refractivity contribution in [2.45, 2.75) is 33.2 Å². The van der Waals surface area contributed by atoms with Crippen LogP contribution >= 0.6 is 11.6 Å². The number of anilines is 1. The van der Waals surface area contributed by atoms with Crippen LogP contribution in [0.15, 0.2) is 48.5 Å². The molecule has 0 aliphatic carbocycles. The van der Waals surface area contributed by atoms with E-state index in [1.165, 1.54) is 0 Å². The zero-order valence-electron chi connectivity index (χ0n) is 16.6. The number of sulfonamides is 1. The second-order valence-corrected chi connectivity index (χ2v) is 9.68. The zero-order valence-corrected chi connectivity index (χ0v) is 18.2. The van der Waals surface area contributed by atoms with E-state index in [9.17, 15) is 13.2 Å². The minimum Gasteiger partial charge on any atom is -0.348 e. The van der Waals surface area contributed by atoms with Gasteiger partial charge >= 0.3 is 0 Å². The first kappa shape index (κ1) is 22.2. The van der Waals surface area contributed by atoms with Crippen molar-refractivity contribution in [2.24, 2.45) is 5.92 Å². The van der Waals surface area contributed by atoms with Gasteiger partial charge in [-0.2, -0.15) is 0 Å². The monoisotopic (exact) mass is 422 g/mol. The lowest BCUT2D eigenvalue weighted by Gasteiger charge is -2.25. The normalized spacial score (nSPS) is 12.6. The molecule has 2 aromatic carbocycles. The fraction of sp³-hybridized carbons (Fsp3) is 0.381. The molecule has 0 radical (unpaired) electrons. The average molecular weight is 423 g/mol. The third-order valence-electron chi connectivity index (χ3n) is 4.38. The van der Waals surface area contributed by atoms with E-state index in [0.717, 1.165) is 28.1 Å². The summed E-state index contributed by atoms with van der Waals surface area (Å²) in [5.41, 5.74) is 2.20. The maximum Gasteiger partial charge on any atom is 0.241 e. The molecule has 2 rings (SSSR count). The predicted molar refractivity (Wildman–Crippen MR) is 115 cm³/mol. The quantitative estimate of drug-likeness (QED) is 0.688. The topological polar surface area (TPSA) is 66.5 Å². The van der Waals surface area contributed by atoms with Crippen LogP contribution in [0, 0.1) is 12.8 Å². The minimum absolute atomic E-state index is 0.184. The number of hydrogen-bond acceptors (Lipinski definition) is 3. The summed E-state index contributed by atoms with van der Waals surface area (Å²) in [6, 6.07) is 14.5. The lowest BCUT2D eigenvalue weighted by Crippen LogP contribution is -2.41. The van der Waals surface area contributed by atoms with E-state index < -0.39 is 10.0 Å². The Balaban J connectivity index is 2.23. The van der Waals surface area contributed by atoms with Gasteiger partial charge in [-0.1, -0.05) is 61.8 Å². The molecular formula is C21H27ClN2O3S. The summed E-state index contributed by atoms with van der Waals surface area (Å²) < 4.78 is 25.7. The van der Waals surface area contributed by atoms with Gasteiger partial charge in [0.2, 0.25) is 15.9 Å². The SMILES string of the molecule is Cc1ccc(N(CC(=O)N[C@@H](CC(C)C)c2ccccc2)S(C)(=O)=O)cc1Cl. The van der Waals surface area contributed by atoms with Crippen molar-refractivity contribution >= 4 is 33.2 Å². The smallest absolute Gasteiger partial charge is 0.241 e. The van der Waals surface area contributed by atoms with Gasteiger partial charge in [-0.3, -0.25) is 9.10 Å². The Bertz CT molecular complexity index is 915. The minimum atomic E-state index is -3.65. The Hall–Kier alpha value is -2.05. The van der Waals surface area contributed by atoms with Gasteiger partial charge in [0, 0.05) is 5.02 Å². The number of carbonyl (C=O) groups excluding carboxylic acids is 1. The highest BCUT2D eigenvalue weighted by molar-refractivity contribution is 7.92. The number of carbonyl (C=O) groups is 1. The van der Waals surface area contributed by atoms with Crippen LogP contribution in [-0.4, -0.2) is 27.1 Å². The molecule has 0 saturated carbocycles. The maximum absolute atomic E-state index is 12.7. The van der Waals surface area contributed by atoms with Crippen LogP contribution in [0.1, 0.15) is 37.4 Å². The van der Waals surface area contributed by atoms with Gasteiger partial charge in [0.25, 0.3) is 0 Å². The van der Waals surface area contributed by atoms with Gasteiger partial charge in [0.1, 0.15) is 6.54 Å². The first-order valence-electron chi connectivity index (χ1n) is 9.16. The van der Waals surface area contributed by atoms with Crippen molar-refractivity contribution in [1.29, 1.82) is 0 Å². The van der Waals surface area contributed by atoms with Crippen molar-refractivity contribution in [1.82, 2.24) is 5.32 Å². The van der Waals surface area contributed by atoms with Crippen LogP contribution in [0.2, 0.25) is 5.02 Å². The zero-order chi connectivity index (χ0) is 20.9. The lowest BCUT2D eigenvalue weighted by atomic mass is 9.97. The first-order chi connectivity index (χ1) is 13.1. The average Bonchev–Trinajstić information content (AvgIpc) is 2.61. The maximum atomic E-state index is 12.7. The van der Waals surface area contributed by atoms with Crippen LogP contribution in [0.25, 0.3) is 0 Å². The summed E-state index contributed by atoms with van der Waals surface area (Å²) in [5, 5.41) is 3.44. The number of rotatable bonds is 8. The van der Waals surface area contributed by atoms with E-state index in [1.807, 2.05) is 37.3 Å². The number of nitrogens with one attached hydrogen (secondary N) is 1. The molecule has 0 heterocycles. The predicted octanol–water partition coefficient (Wildman–Crippen LogP) is 4.32. The van der Waals surface area contributed by atoms with Crippen molar-refractivity contribution in [3.05, 3.63) is 64.7 Å². The Morgan fingerprint density at radius 2 is 1.79 bits per heavy atom. The van der Waals surface area contributed by atoms with Gasteiger partial charge in [-0.25, -0.2) is 8.42 Å². The number of amides is 1. The second-order valence-electron chi connectivity index (χ2n) is 7.36. The van der Waals surface area contributed by atoms with E-state index in [1.54, 1.807) is 18.2 Å². The molecule has 0 aliphatic heterocycles. The van der Waals surface area contributed by atoms with Gasteiger partial charge in [0.05, 0.1) is 18.0 Å². The van der Waals surface area contributed by atoms with Crippen LogP contribution in [0.4, 0.5) is 5.69 Å². The van der Waals surface area contributed by atoms with Crippen LogP contribution < -0.4 is 9.62 Å². The van der Waals surface area contributed by atoms with Gasteiger partial charge in [-0.05, 0) is 42.5 Å². The summed E-state index contributed by atoms with van der Waals surface area (Å²) in [6.07, 6.45) is 1.84. The van der Waals surface area contributed by atoms with Gasteiger partial charge < -0.3 is 5.32 Å². The lowest BCUT2D eigenvalue weighted by molar-refractivity contribution is -0.120. The van der Waals surface area contributed by atoms with Gasteiger partial charge in [-0.15, -0.1) is 0 Å². The summed E-state index contributed by atoms with van der Waals surface area (Å²) in [7, 11) is -3.65. The Morgan fingerprint density at radius 3 is 2.32 bits per heavy atom. The van der Waals surface area contributed by atoms with Crippen molar-refractivity contribution < 1.29 is 13.2 Å². The van der Waals surface area contributed by atoms with E-state index >= 15 is 0 Å². The number of aryl methyl sites for hydroxylation is 1. The molecule has 0 spiro atoms. The number of benzene rings is 2. The van der Waals surface area contributed by atoms with Crippen molar-refractivity contribution in [2.75, 3.05) is 17.1 Å². The Kier molecular flexibility index (Phi) is 7.49. The second kappa shape index (κ2) is 9.43. The van der Waals surface area contributed by atoms with E-state index in [2.05, 4.69) is 19.2 Å². The van der Waals surface area contributed by atoms with Crippen LogP contribution in [0.5, 0.6) is 0 Å². The molecule has 0 unspecified atom stereocenters. The van der Waals surface area contributed by atoms with Gasteiger partial charge in [0.15, 0.2) is 0 Å². The Labute approximate surface area is 172 Å². The summed E-state index contributed by atoms with van der Waals surface area (Å²) in [6.45, 7) is 5.69. The molecule has 0 bridgehead atoms. The highest BCUT2D eigenvalue weighted by atomic mass is 35.5. The molecule has 0 fully saturated rings. The standard InChI is InChI=1S/C21H27ClN2O3S/c1-15(2)12-20(17-8-6-5-7-9-17)23-21(25)14-24(28(4,26)27)18-11-10-16(3)19(22)13-18/h5-11,13,15,20H,12,14H2,1-4H3,(H,23,25)/t20-/m0/s1. The molecule has 1 amide bonds. The molecule has 0 aromatic heterocycles. The fourth-order valence-electron chi connectivity index (χ4n) is 2.94. The third-order valence-corrected chi connectivity index (χ3v) is 5.92. The van der Waals surface area contributed by atoms with E-state index in [-0.39, 0.29) is 18.5 Å². The highest BCUT2D eigenvalue weighted by Crippen LogP contribution is 2.25. The summed E-state index contributed by atoms with van der Waals surface area (Å²) >= 11 is 6.14. The summed E-state index contributed by atoms with van der Waals surface area (Å²) in [5.74, 6) is 0.00375. The summed E-state index contributed by atoms with van der Waals surface area (Å²) in [4.78, 5) is 12.7. The van der Waals surface area contributed by atoms with Crippen molar-refractivity contribution in [3.8, 4) is 0 Å². The molecule has 0 saturated heterocycles. The molecule has 1 atom stereocenters.